The number of nitrogens with zero attached hydrogens (tertiary/aromatic N) is 1. The van der Waals surface area contributed by atoms with Crippen LogP contribution < -0.4 is 14.2 Å². The lowest BCUT2D eigenvalue weighted by molar-refractivity contribution is 0.171. The van der Waals surface area contributed by atoms with Gasteiger partial charge in [-0.25, -0.2) is 13.1 Å². The van der Waals surface area contributed by atoms with Crippen molar-refractivity contribution in [1.29, 1.82) is 0 Å². The van der Waals surface area contributed by atoms with E-state index >= 15 is 0 Å². The highest BCUT2D eigenvalue weighted by Gasteiger charge is 2.19. The van der Waals surface area contributed by atoms with Crippen molar-refractivity contribution >= 4 is 21.6 Å². The van der Waals surface area contributed by atoms with E-state index in [1.54, 1.807) is 18.3 Å². The molecule has 116 valence electrons. The highest BCUT2D eigenvalue weighted by atomic mass is 35.5. The average molecular weight is 341 g/mol. The van der Waals surface area contributed by atoms with Crippen molar-refractivity contribution in [2.75, 3.05) is 13.2 Å². The van der Waals surface area contributed by atoms with Crippen LogP contribution in [0.3, 0.4) is 0 Å². The van der Waals surface area contributed by atoms with Crippen LogP contribution in [0.4, 0.5) is 0 Å². The molecule has 0 saturated carbocycles. The molecule has 3 rings (SSSR count). The van der Waals surface area contributed by atoms with Crippen LogP contribution in [0.15, 0.2) is 41.6 Å². The fourth-order valence-electron chi connectivity index (χ4n) is 1.99. The highest BCUT2D eigenvalue weighted by Crippen LogP contribution is 2.32. The molecule has 6 nitrogen and oxygen atoms in total. The molecule has 8 heteroatoms. The first-order valence-corrected chi connectivity index (χ1v) is 8.40. The first kappa shape index (κ1) is 15.1. The van der Waals surface area contributed by atoms with Gasteiger partial charge in [0.2, 0.25) is 10.0 Å². The van der Waals surface area contributed by atoms with E-state index in [-0.39, 0.29) is 11.4 Å². The Balaban J connectivity index is 1.80. The van der Waals surface area contributed by atoms with Crippen molar-refractivity contribution in [1.82, 2.24) is 9.71 Å². The minimum atomic E-state index is -3.67. The van der Waals surface area contributed by atoms with E-state index < -0.39 is 10.0 Å². The molecule has 1 aliphatic rings. The topological polar surface area (TPSA) is 77.5 Å². The molecule has 2 heterocycles. The molecule has 0 saturated heterocycles. The third-order valence-corrected chi connectivity index (χ3v) is 4.87. The first-order chi connectivity index (χ1) is 10.6. The van der Waals surface area contributed by atoms with Crippen molar-refractivity contribution in [2.24, 2.45) is 0 Å². The Morgan fingerprint density at radius 3 is 2.73 bits per heavy atom. The standard InChI is InChI=1S/C14H13ClN2O4S/c15-12-9-16-4-3-10(12)8-17-22(18,19)11-1-2-13-14(7-11)21-6-5-20-13/h1-4,7,9,17H,5-6,8H2. The third kappa shape index (κ3) is 3.16. The van der Waals surface area contributed by atoms with Crippen molar-refractivity contribution in [3.8, 4) is 11.5 Å². The first-order valence-electron chi connectivity index (χ1n) is 6.54. The maximum Gasteiger partial charge on any atom is 0.241 e. The van der Waals surface area contributed by atoms with Gasteiger partial charge >= 0.3 is 0 Å². The van der Waals surface area contributed by atoms with Gasteiger partial charge in [0.15, 0.2) is 11.5 Å². The lowest BCUT2D eigenvalue weighted by Crippen LogP contribution is -2.24. The number of sulfonamides is 1. The van der Waals surface area contributed by atoms with Crippen molar-refractivity contribution in [3.05, 3.63) is 47.2 Å². The molecule has 22 heavy (non-hydrogen) atoms. The predicted molar refractivity (Wildman–Crippen MR) is 80.7 cm³/mol. The molecule has 0 spiro atoms. The van der Waals surface area contributed by atoms with Gasteiger partial charge in [-0.05, 0) is 23.8 Å². The second-order valence-electron chi connectivity index (χ2n) is 4.60. The molecule has 2 aromatic rings. The van der Waals surface area contributed by atoms with E-state index in [1.165, 1.54) is 18.3 Å². The van der Waals surface area contributed by atoms with Crippen molar-refractivity contribution in [2.45, 2.75) is 11.4 Å². The van der Waals surface area contributed by atoms with E-state index in [1.807, 2.05) is 0 Å². The lowest BCUT2D eigenvalue weighted by Gasteiger charge is -2.19. The Morgan fingerprint density at radius 1 is 1.18 bits per heavy atom. The number of fused-ring (bicyclic) bond motifs is 1. The summed E-state index contributed by atoms with van der Waals surface area (Å²) in [5.74, 6) is 0.971. The van der Waals surface area contributed by atoms with E-state index in [4.69, 9.17) is 21.1 Å². The molecule has 1 aliphatic heterocycles. The normalized spacial score (nSPS) is 13.9. The second-order valence-corrected chi connectivity index (χ2v) is 6.77. The molecule has 0 fully saturated rings. The van der Waals surface area contributed by atoms with Gasteiger partial charge in [0.1, 0.15) is 13.2 Å². The van der Waals surface area contributed by atoms with Crippen LogP contribution >= 0.6 is 11.6 Å². The number of halogens is 1. The third-order valence-electron chi connectivity index (χ3n) is 3.13. The smallest absolute Gasteiger partial charge is 0.241 e. The van der Waals surface area contributed by atoms with Gasteiger partial charge in [0.25, 0.3) is 0 Å². The molecular weight excluding hydrogens is 328 g/mol. The molecule has 0 unspecified atom stereocenters. The number of nitrogens with one attached hydrogen (secondary N) is 1. The van der Waals surface area contributed by atoms with E-state index in [0.717, 1.165) is 0 Å². The maximum atomic E-state index is 12.3. The van der Waals surface area contributed by atoms with Crippen LogP contribution in [-0.4, -0.2) is 26.6 Å². The van der Waals surface area contributed by atoms with Gasteiger partial charge in [-0.1, -0.05) is 11.6 Å². The molecule has 0 radical (unpaired) electrons. The molecule has 0 aliphatic carbocycles. The Kier molecular flexibility index (Phi) is 4.19. The predicted octanol–water partition coefficient (Wildman–Crippen LogP) is 1.98. The van der Waals surface area contributed by atoms with Crippen LogP contribution in [0.25, 0.3) is 0 Å². The summed E-state index contributed by atoms with van der Waals surface area (Å²) in [6.07, 6.45) is 3.02. The summed E-state index contributed by atoms with van der Waals surface area (Å²) < 4.78 is 37.9. The van der Waals surface area contributed by atoms with E-state index in [2.05, 4.69) is 9.71 Å². The summed E-state index contributed by atoms with van der Waals surface area (Å²) in [4.78, 5) is 3.97. The van der Waals surface area contributed by atoms with Gasteiger partial charge in [-0.15, -0.1) is 0 Å². The molecule has 1 N–H and O–H groups in total. The van der Waals surface area contributed by atoms with Gasteiger partial charge < -0.3 is 9.47 Å². The van der Waals surface area contributed by atoms with Crippen LogP contribution in [-0.2, 0) is 16.6 Å². The largest absolute Gasteiger partial charge is 0.486 e. The number of aromatic nitrogens is 1. The quantitative estimate of drug-likeness (QED) is 0.921. The summed E-state index contributed by atoms with van der Waals surface area (Å²) in [5.41, 5.74) is 0.651. The van der Waals surface area contributed by atoms with Crippen LogP contribution in [0, 0.1) is 0 Å². The van der Waals surface area contributed by atoms with Gasteiger partial charge in [-0.3, -0.25) is 4.98 Å². The second kappa shape index (κ2) is 6.12. The zero-order chi connectivity index (χ0) is 15.6. The maximum absolute atomic E-state index is 12.3. The van der Waals surface area contributed by atoms with Crippen molar-refractivity contribution < 1.29 is 17.9 Å². The van der Waals surface area contributed by atoms with Gasteiger partial charge in [0.05, 0.1) is 9.92 Å². The fourth-order valence-corrected chi connectivity index (χ4v) is 3.20. The lowest BCUT2D eigenvalue weighted by atomic mass is 10.3. The number of hydrogen-bond donors (Lipinski definition) is 1. The van der Waals surface area contributed by atoms with Crippen molar-refractivity contribution in [3.63, 3.8) is 0 Å². The Hall–Kier alpha value is -1.83. The van der Waals surface area contributed by atoms with Crippen LogP contribution in [0.2, 0.25) is 5.02 Å². The molecule has 1 aromatic carbocycles. The summed E-state index contributed by atoms with van der Waals surface area (Å²) in [6, 6.07) is 6.17. The summed E-state index contributed by atoms with van der Waals surface area (Å²) in [7, 11) is -3.67. The van der Waals surface area contributed by atoms with Crippen LogP contribution in [0.1, 0.15) is 5.56 Å². The Morgan fingerprint density at radius 2 is 1.95 bits per heavy atom. The van der Waals surface area contributed by atoms with E-state index in [0.29, 0.717) is 35.3 Å². The number of pyridine rings is 1. The molecular formula is C14H13ClN2O4S. The summed E-state index contributed by atoms with van der Waals surface area (Å²) in [5, 5.41) is 0.410. The summed E-state index contributed by atoms with van der Waals surface area (Å²) in [6.45, 7) is 0.937. The Labute approximate surface area is 133 Å². The van der Waals surface area contributed by atoms with Gasteiger partial charge in [0, 0.05) is 25.0 Å². The number of ether oxygens (including phenoxy) is 2. The molecule has 1 aromatic heterocycles. The zero-order valence-electron chi connectivity index (χ0n) is 11.5. The highest BCUT2D eigenvalue weighted by molar-refractivity contribution is 7.89. The monoisotopic (exact) mass is 340 g/mol. The van der Waals surface area contributed by atoms with E-state index in [9.17, 15) is 8.42 Å². The molecule has 0 bridgehead atoms. The van der Waals surface area contributed by atoms with Gasteiger partial charge in [-0.2, -0.15) is 0 Å². The SMILES string of the molecule is O=S(=O)(NCc1ccncc1Cl)c1ccc2c(c1)OCCO2. The fraction of sp³-hybridized carbons (Fsp3) is 0.214. The number of hydrogen-bond acceptors (Lipinski definition) is 5. The Bertz CT molecular complexity index is 795. The molecule has 0 amide bonds. The minimum Gasteiger partial charge on any atom is -0.486 e. The van der Waals surface area contributed by atoms with Crippen LogP contribution in [0.5, 0.6) is 11.5 Å². The molecule has 0 atom stereocenters. The zero-order valence-corrected chi connectivity index (χ0v) is 13.0. The summed E-state index contributed by atoms with van der Waals surface area (Å²) >= 11 is 5.96. The minimum absolute atomic E-state index is 0.0815. The number of rotatable bonds is 4. The average Bonchev–Trinajstić information content (AvgIpc) is 2.54. The number of benzene rings is 1.